The molecule has 0 spiro atoms. The van der Waals surface area contributed by atoms with Crippen molar-refractivity contribution in [3.63, 3.8) is 0 Å². The van der Waals surface area contributed by atoms with Crippen LogP contribution in [0.3, 0.4) is 0 Å². The highest BCUT2D eigenvalue weighted by Gasteiger charge is 2.31. The van der Waals surface area contributed by atoms with Crippen molar-refractivity contribution in [2.24, 2.45) is 0 Å². The quantitative estimate of drug-likeness (QED) is 0.574. The summed E-state index contributed by atoms with van der Waals surface area (Å²) in [6.45, 7) is 1.66. The Morgan fingerprint density at radius 3 is 1.91 bits per heavy atom. The number of hydrogen-bond donors (Lipinski definition) is 1. The van der Waals surface area contributed by atoms with Crippen molar-refractivity contribution in [2.75, 3.05) is 30.1 Å². The van der Waals surface area contributed by atoms with Gasteiger partial charge in [-0.1, -0.05) is 18.5 Å². The van der Waals surface area contributed by atoms with Gasteiger partial charge in [0.05, 0.1) is 37.3 Å². The van der Waals surface area contributed by atoms with E-state index in [1.165, 1.54) is 56.7 Å². The largest absolute Gasteiger partial charge is 0.465 e. The van der Waals surface area contributed by atoms with Crippen LogP contribution in [-0.4, -0.2) is 52.8 Å². The molecule has 0 aliphatic rings. The molecule has 11 heteroatoms. The molecule has 0 radical (unpaired) electrons. The molecule has 2 aromatic rings. The molecule has 0 aromatic heterocycles. The zero-order valence-corrected chi connectivity index (χ0v) is 19.5. The summed E-state index contributed by atoms with van der Waals surface area (Å²) in [6, 6.07) is 8.80. The maximum atomic E-state index is 13.1. The van der Waals surface area contributed by atoms with Crippen LogP contribution in [0.5, 0.6) is 0 Å². The number of amides is 1. The van der Waals surface area contributed by atoms with Gasteiger partial charge in [0.2, 0.25) is 15.9 Å². The Bertz CT molecular complexity index is 1080. The number of ether oxygens (including phenoxy) is 2. The maximum absolute atomic E-state index is 13.1. The number of halogens is 1. The van der Waals surface area contributed by atoms with Gasteiger partial charge >= 0.3 is 11.9 Å². The Morgan fingerprint density at radius 2 is 1.50 bits per heavy atom. The first-order valence-corrected chi connectivity index (χ1v) is 11.6. The molecule has 1 N–H and O–H groups in total. The minimum Gasteiger partial charge on any atom is -0.465 e. The van der Waals surface area contributed by atoms with E-state index in [1.54, 1.807) is 6.92 Å². The van der Waals surface area contributed by atoms with Crippen LogP contribution in [0.1, 0.15) is 34.1 Å². The van der Waals surface area contributed by atoms with Gasteiger partial charge < -0.3 is 14.8 Å². The molecule has 0 aliphatic carbocycles. The Morgan fingerprint density at radius 1 is 1.00 bits per heavy atom. The summed E-state index contributed by atoms with van der Waals surface area (Å²) >= 11 is 5.90. The summed E-state index contributed by atoms with van der Waals surface area (Å²) in [5, 5.41) is 2.99. The van der Waals surface area contributed by atoms with Crippen molar-refractivity contribution in [1.82, 2.24) is 0 Å². The van der Waals surface area contributed by atoms with Crippen LogP contribution in [0.4, 0.5) is 11.4 Å². The van der Waals surface area contributed by atoms with Gasteiger partial charge in [0.25, 0.3) is 0 Å². The lowest BCUT2D eigenvalue weighted by Crippen LogP contribution is -2.47. The number of carbonyl (C=O) groups is 3. The molecule has 0 saturated carbocycles. The zero-order chi connectivity index (χ0) is 24.1. The van der Waals surface area contributed by atoms with E-state index in [9.17, 15) is 22.8 Å². The first-order valence-electron chi connectivity index (χ1n) is 9.39. The van der Waals surface area contributed by atoms with E-state index in [0.29, 0.717) is 5.02 Å². The number of methoxy groups -OCH3 is 2. The van der Waals surface area contributed by atoms with Gasteiger partial charge in [-0.2, -0.15) is 0 Å². The number of anilines is 2. The molecule has 32 heavy (non-hydrogen) atoms. The van der Waals surface area contributed by atoms with Gasteiger partial charge in [0.1, 0.15) is 6.04 Å². The van der Waals surface area contributed by atoms with Crippen molar-refractivity contribution in [3.8, 4) is 0 Å². The van der Waals surface area contributed by atoms with Gasteiger partial charge in [0, 0.05) is 10.7 Å². The highest BCUT2D eigenvalue weighted by molar-refractivity contribution is 7.92. The number of nitrogens with one attached hydrogen (secondary N) is 1. The highest BCUT2D eigenvalue weighted by atomic mass is 35.5. The SMILES string of the molecule is CCC(C(=O)Nc1cc(C(=O)OC)cc(C(=O)OC)c1)N(c1ccc(Cl)cc1)S(C)(=O)=O. The maximum Gasteiger partial charge on any atom is 0.337 e. The van der Waals surface area contributed by atoms with Gasteiger partial charge in [-0.25, -0.2) is 18.0 Å². The highest BCUT2D eigenvalue weighted by Crippen LogP contribution is 2.25. The lowest BCUT2D eigenvalue weighted by Gasteiger charge is -2.30. The van der Waals surface area contributed by atoms with E-state index in [0.717, 1.165) is 10.6 Å². The fourth-order valence-electron chi connectivity index (χ4n) is 3.05. The van der Waals surface area contributed by atoms with Gasteiger partial charge in [-0.15, -0.1) is 0 Å². The number of sulfonamides is 1. The smallest absolute Gasteiger partial charge is 0.337 e. The first-order chi connectivity index (χ1) is 15.0. The van der Waals surface area contributed by atoms with Crippen LogP contribution in [0.15, 0.2) is 42.5 Å². The van der Waals surface area contributed by atoms with Crippen molar-refractivity contribution in [3.05, 3.63) is 58.6 Å². The van der Waals surface area contributed by atoms with Gasteiger partial charge in [0.15, 0.2) is 0 Å². The van der Waals surface area contributed by atoms with E-state index in [2.05, 4.69) is 14.8 Å². The molecule has 2 aromatic carbocycles. The second-order valence-corrected chi connectivity index (χ2v) is 9.03. The van der Waals surface area contributed by atoms with E-state index in [1.807, 2.05) is 0 Å². The second-order valence-electron chi connectivity index (χ2n) is 6.73. The molecule has 0 heterocycles. The summed E-state index contributed by atoms with van der Waals surface area (Å²) in [6.07, 6.45) is 1.13. The van der Waals surface area contributed by atoms with Crippen LogP contribution in [-0.2, 0) is 24.3 Å². The Kier molecular flexibility index (Phi) is 8.23. The fraction of sp³-hybridized carbons (Fsp3) is 0.286. The summed E-state index contributed by atoms with van der Waals surface area (Å²) < 4.78 is 35.4. The number of carbonyl (C=O) groups excluding carboxylic acids is 3. The normalized spacial score (nSPS) is 11.9. The third-order valence-electron chi connectivity index (χ3n) is 4.45. The number of rotatable bonds is 8. The zero-order valence-electron chi connectivity index (χ0n) is 17.9. The van der Waals surface area contributed by atoms with E-state index in [-0.39, 0.29) is 28.9 Å². The molecule has 0 bridgehead atoms. The molecule has 1 amide bonds. The van der Waals surface area contributed by atoms with Crippen LogP contribution in [0.2, 0.25) is 5.02 Å². The minimum atomic E-state index is -3.85. The molecule has 9 nitrogen and oxygen atoms in total. The molecule has 0 saturated heterocycles. The van der Waals surface area contributed by atoms with Gasteiger partial charge in [-0.05, 0) is 48.9 Å². The minimum absolute atomic E-state index is 0.0106. The average Bonchev–Trinajstić information content (AvgIpc) is 2.75. The number of hydrogen-bond acceptors (Lipinski definition) is 7. The molecule has 172 valence electrons. The number of esters is 2. The van der Waals surface area contributed by atoms with Crippen LogP contribution < -0.4 is 9.62 Å². The lowest BCUT2D eigenvalue weighted by atomic mass is 10.1. The van der Waals surface area contributed by atoms with E-state index >= 15 is 0 Å². The summed E-state index contributed by atoms with van der Waals surface area (Å²) in [5.74, 6) is -2.11. The molecule has 0 fully saturated rings. The third kappa shape index (κ3) is 5.98. The van der Waals surface area contributed by atoms with Crippen molar-refractivity contribution >= 4 is 50.8 Å². The van der Waals surface area contributed by atoms with Crippen molar-refractivity contribution in [2.45, 2.75) is 19.4 Å². The van der Waals surface area contributed by atoms with E-state index < -0.39 is 33.9 Å². The molecular formula is C21H23ClN2O7S. The summed E-state index contributed by atoms with van der Waals surface area (Å²) in [5.41, 5.74) is 0.381. The predicted molar refractivity (Wildman–Crippen MR) is 121 cm³/mol. The van der Waals surface area contributed by atoms with Crippen LogP contribution in [0.25, 0.3) is 0 Å². The molecular weight excluding hydrogens is 460 g/mol. The topological polar surface area (TPSA) is 119 Å². The predicted octanol–water partition coefficient (Wildman–Crippen LogP) is 3.10. The van der Waals surface area contributed by atoms with Gasteiger partial charge in [-0.3, -0.25) is 9.10 Å². The van der Waals surface area contributed by atoms with Crippen LogP contribution >= 0.6 is 11.6 Å². The monoisotopic (exact) mass is 482 g/mol. The van der Waals surface area contributed by atoms with Crippen molar-refractivity contribution < 1.29 is 32.3 Å². The summed E-state index contributed by atoms with van der Waals surface area (Å²) in [7, 11) is -1.50. The van der Waals surface area contributed by atoms with Crippen molar-refractivity contribution in [1.29, 1.82) is 0 Å². The van der Waals surface area contributed by atoms with E-state index in [4.69, 9.17) is 11.6 Å². The standard InChI is InChI=1S/C21H23ClN2O7S/c1-5-18(24(32(4,28)29)17-8-6-15(22)7-9-17)19(25)23-16-11-13(20(26)30-2)10-14(12-16)21(27)31-3/h6-12,18H,5H2,1-4H3,(H,23,25). The Balaban J connectivity index is 2.46. The molecule has 0 aliphatic heterocycles. The average molecular weight is 483 g/mol. The summed E-state index contributed by atoms with van der Waals surface area (Å²) in [4.78, 5) is 37.0. The molecule has 2 rings (SSSR count). The van der Waals surface area contributed by atoms with Crippen LogP contribution in [0, 0.1) is 0 Å². The fourth-order valence-corrected chi connectivity index (χ4v) is 4.38. The first kappa shape index (κ1) is 25.2. The lowest BCUT2D eigenvalue weighted by molar-refractivity contribution is -0.117. The molecule has 1 atom stereocenters. The Hall–Kier alpha value is -3.11. The molecule has 1 unspecified atom stereocenters. The number of benzene rings is 2. The Labute approximate surface area is 191 Å². The second kappa shape index (κ2) is 10.5. The third-order valence-corrected chi connectivity index (χ3v) is 5.89. The number of nitrogens with zero attached hydrogens (tertiary/aromatic N) is 1.